The summed E-state index contributed by atoms with van der Waals surface area (Å²) in [6.45, 7) is 1.33. The number of nitrogens with one attached hydrogen (secondary N) is 1. The Kier molecular flexibility index (Phi) is 4.10. The first-order chi connectivity index (χ1) is 8.62. The summed E-state index contributed by atoms with van der Waals surface area (Å²) in [6.07, 6.45) is 0.892. The summed E-state index contributed by atoms with van der Waals surface area (Å²) >= 11 is 0. The number of aliphatic carboxylic acids is 1. The Morgan fingerprint density at radius 2 is 2.05 bits per heavy atom. The average Bonchev–Trinajstić information content (AvgIpc) is 2.27. The van der Waals surface area contributed by atoms with Crippen molar-refractivity contribution in [1.29, 1.82) is 0 Å². The molecular formula is C10H12N2O6S. The van der Waals surface area contributed by atoms with Crippen LogP contribution >= 0.6 is 0 Å². The maximum absolute atomic E-state index is 11.6. The molecular weight excluding hydrogens is 276 g/mol. The summed E-state index contributed by atoms with van der Waals surface area (Å²) < 4.78 is 23.1. The first kappa shape index (κ1) is 14.9. The van der Waals surface area contributed by atoms with Gasteiger partial charge in [0.25, 0.3) is 5.69 Å². The van der Waals surface area contributed by atoms with Crippen LogP contribution < -0.4 is 5.32 Å². The third-order valence-electron chi connectivity index (χ3n) is 2.32. The highest BCUT2D eigenvalue weighted by Crippen LogP contribution is 2.26. The second kappa shape index (κ2) is 5.22. The van der Waals surface area contributed by atoms with E-state index in [1.54, 1.807) is 0 Å². The van der Waals surface area contributed by atoms with Crippen molar-refractivity contribution < 1.29 is 23.2 Å². The summed E-state index contributed by atoms with van der Waals surface area (Å²) in [5.74, 6) is -1.17. The number of rotatable bonds is 5. The maximum atomic E-state index is 11.6. The molecule has 2 N–H and O–H groups in total. The molecule has 0 aliphatic heterocycles. The third-order valence-corrected chi connectivity index (χ3v) is 3.45. The van der Waals surface area contributed by atoms with E-state index in [1.807, 2.05) is 0 Å². The molecule has 1 unspecified atom stereocenters. The van der Waals surface area contributed by atoms with Gasteiger partial charge >= 0.3 is 5.97 Å². The van der Waals surface area contributed by atoms with Crippen LogP contribution in [0.3, 0.4) is 0 Å². The lowest BCUT2D eigenvalue weighted by Crippen LogP contribution is -2.26. The van der Waals surface area contributed by atoms with Gasteiger partial charge in [0.1, 0.15) is 6.04 Å². The topological polar surface area (TPSA) is 127 Å². The number of sulfone groups is 1. The van der Waals surface area contributed by atoms with E-state index in [1.165, 1.54) is 13.0 Å². The molecule has 0 fully saturated rings. The molecule has 0 radical (unpaired) electrons. The van der Waals surface area contributed by atoms with Crippen LogP contribution in [0.1, 0.15) is 6.92 Å². The molecule has 9 heteroatoms. The van der Waals surface area contributed by atoms with E-state index < -0.39 is 26.8 Å². The fourth-order valence-electron chi connectivity index (χ4n) is 1.35. The number of hydrogen-bond acceptors (Lipinski definition) is 6. The molecule has 0 aliphatic rings. The minimum absolute atomic E-state index is 0.0167. The van der Waals surface area contributed by atoms with Crippen molar-refractivity contribution in [2.45, 2.75) is 17.9 Å². The number of non-ortho nitro benzene ring substituents is 1. The normalized spacial score (nSPS) is 12.7. The van der Waals surface area contributed by atoms with E-state index in [0.717, 1.165) is 18.4 Å². The lowest BCUT2D eigenvalue weighted by molar-refractivity contribution is -0.385. The number of nitrogens with zero attached hydrogens (tertiary/aromatic N) is 1. The van der Waals surface area contributed by atoms with Gasteiger partial charge in [0.05, 0.1) is 15.5 Å². The quantitative estimate of drug-likeness (QED) is 0.608. The van der Waals surface area contributed by atoms with Gasteiger partial charge in [-0.2, -0.15) is 0 Å². The lowest BCUT2D eigenvalue weighted by Gasteiger charge is -2.13. The van der Waals surface area contributed by atoms with Crippen LogP contribution in [-0.4, -0.2) is 36.7 Å². The van der Waals surface area contributed by atoms with Gasteiger partial charge in [-0.25, -0.2) is 8.42 Å². The maximum Gasteiger partial charge on any atom is 0.325 e. The van der Waals surface area contributed by atoms with Crippen molar-refractivity contribution in [2.75, 3.05) is 11.6 Å². The lowest BCUT2D eigenvalue weighted by atomic mass is 10.2. The number of anilines is 1. The van der Waals surface area contributed by atoms with Crippen molar-refractivity contribution >= 4 is 27.2 Å². The van der Waals surface area contributed by atoms with Crippen LogP contribution in [0, 0.1) is 10.1 Å². The van der Waals surface area contributed by atoms with Crippen molar-refractivity contribution in [3.63, 3.8) is 0 Å². The van der Waals surface area contributed by atoms with Gasteiger partial charge in [-0.05, 0) is 13.0 Å². The van der Waals surface area contributed by atoms with Crippen molar-refractivity contribution in [3.05, 3.63) is 28.3 Å². The number of nitro groups is 1. The Morgan fingerprint density at radius 1 is 1.47 bits per heavy atom. The van der Waals surface area contributed by atoms with Crippen LogP contribution in [-0.2, 0) is 14.6 Å². The van der Waals surface area contributed by atoms with E-state index >= 15 is 0 Å². The van der Waals surface area contributed by atoms with Gasteiger partial charge in [0.2, 0.25) is 0 Å². The molecule has 1 atom stereocenters. The smallest absolute Gasteiger partial charge is 0.325 e. The molecule has 0 saturated heterocycles. The summed E-state index contributed by atoms with van der Waals surface area (Å²) in [5, 5.41) is 21.9. The van der Waals surface area contributed by atoms with E-state index in [-0.39, 0.29) is 16.3 Å². The Labute approximate surface area is 109 Å². The number of carboxylic acid groups (broad SMARTS) is 1. The number of carboxylic acids is 1. The minimum Gasteiger partial charge on any atom is -0.480 e. The van der Waals surface area contributed by atoms with Crippen LogP contribution in [0.2, 0.25) is 0 Å². The van der Waals surface area contributed by atoms with Crippen LogP contribution in [0.15, 0.2) is 23.1 Å². The largest absolute Gasteiger partial charge is 0.480 e. The molecule has 1 aromatic rings. The molecule has 1 rings (SSSR count). The molecule has 19 heavy (non-hydrogen) atoms. The monoisotopic (exact) mass is 288 g/mol. The van der Waals surface area contributed by atoms with Gasteiger partial charge in [-0.15, -0.1) is 0 Å². The third kappa shape index (κ3) is 3.65. The Morgan fingerprint density at radius 3 is 2.47 bits per heavy atom. The fourth-order valence-corrected chi connectivity index (χ4v) is 2.21. The molecule has 0 saturated carbocycles. The Balaban J connectivity index is 3.32. The zero-order valence-electron chi connectivity index (χ0n) is 10.2. The standard InChI is InChI=1S/C10H12N2O6S/c1-6(10(13)14)11-8-4-3-7(12(15)16)5-9(8)19(2,17)18/h3-6,11H,1-2H3,(H,13,14). The van der Waals surface area contributed by atoms with Crippen molar-refractivity contribution in [3.8, 4) is 0 Å². The van der Waals surface area contributed by atoms with Crippen LogP contribution in [0.5, 0.6) is 0 Å². The highest BCUT2D eigenvalue weighted by molar-refractivity contribution is 7.90. The number of benzene rings is 1. The fraction of sp³-hybridized carbons (Fsp3) is 0.300. The van der Waals surface area contributed by atoms with E-state index in [9.17, 15) is 23.3 Å². The molecule has 0 aromatic heterocycles. The first-order valence-corrected chi connectivity index (χ1v) is 7.00. The second-order valence-electron chi connectivity index (χ2n) is 3.91. The predicted octanol–water partition coefficient (Wildman–Crippen LogP) is 0.883. The van der Waals surface area contributed by atoms with Crippen molar-refractivity contribution in [2.24, 2.45) is 0 Å². The zero-order chi connectivity index (χ0) is 14.8. The Hall–Kier alpha value is -2.16. The van der Waals surface area contributed by atoms with Gasteiger partial charge in [-0.3, -0.25) is 14.9 Å². The molecule has 104 valence electrons. The summed E-state index contributed by atoms with van der Waals surface area (Å²) in [5.41, 5.74) is -0.364. The number of carbonyl (C=O) groups is 1. The van der Waals surface area contributed by atoms with Gasteiger partial charge in [0, 0.05) is 18.4 Å². The Bertz CT molecular complexity index is 625. The van der Waals surface area contributed by atoms with Gasteiger partial charge in [-0.1, -0.05) is 0 Å². The van der Waals surface area contributed by atoms with Gasteiger partial charge in [0.15, 0.2) is 9.84 Å². The van der Waals surface area contributed by atoms with Gasteiger partial charge < -0.3 is 10.4 Å². The summed E-state index contributed by atoms with van der Waals surface area (Å²) in [7, 11) is -3.72. The van der Waals surface area contributed by atoms with E-state index in [4.69, 9.17) is 5.11 Å². The van der Waals surface area contributed by atoms with Crippen molar-refractivity contribution in [1.82, 2.24) is 0 Å². The second-order valence-corrected chi connectivity index (χ2v) is 5.90. The summed E-state index contributed by atoms with van der Waals surface area (Å²) in [6, 6.07) is 2.15. The number of nitro benzene ring substituents is 1. The molecule has 0 amide bonds. The number of hydrogen-bond donors (Lipinski definition) is 2. The average molecular weight is 288 g/mol. The molecule has 0 bridgehead atoms. The molecule has 0 aliphatic carbocycles. The first-order valence-electron chi connectivity index (χ1n) is 5.10. The van der Waals surface area contributed by atoms with E-state index in [2.05, 4.69) is 5.32 Å². The van der Waals surface area contributed by atoms with E-state index in [0.29, 0.717) is 0 Å². The van der Waals surface area contributed by atoms with Crippen LogP contribution in [0.4, 0.5) is 11.4 Å². The SMILES string of the molecule is CC(Nc1ccc([N+](=O)[O-])cc1S(C)(=O)=O)C(=O)O. The summed E-state index contributed by atoms with van der Waals surface area (Å²) in [4.78, 5) is 20.3. The minimum atomic E-state index is -3.72. The predicted molar refractivity (Wildman–Crippen MR) is 66.9 cm³/mol. The molecule has 0 heterocycles. The molecule has 8 nitrogen and oxygen atoms in total. The zero-order valence-corrected chi connectivity index (χ0v) is 11.0. The highest BCUT2D eigenvalue weighted by atomic mass is 32.2. The molecule has 0 spiro atoms. The molecule has 1 aromatic carbocycles. The van der Waals surface area contributed by atoms with Crippen LogP contribution in [0.25, 0.3) is 0 Å². The highest BCUT2D eigenvalue weighted by Gasteiger charge is 2.21.